The van der Waals surface area contributed by atoms with Crippen molar-refractivity contribution in [2.24, 2.45) is 5.92 Å². The topological polar surface area (TPSA) is 81.4 Å². The van der Waals surface area contributed by atoms with Crippen LogP contribution in [0.2, 0.25) is 0 Å². The second kappa shape index (κ2) is 5.90. The van der Waals surface area contributed by atoms with Gasteiger partial charge in [0.15, 0.2) is 0 Å². The summed E-state index contributed by atoms with van der Waals surface area (Å²) in [7, 11) is -3.47. The van der Waals surface area contributed by atoms with E-state index < -0.39 is 10.0 Å². The zero-order valence-corrected chi connectivity index (χ0v) is 11.9. The molecule has 5 nitrogen and oxygen atoms in total. The van der Waals surface area contributed by atoms with Crippen LogP contribution >= 0.6 is 0 Å². The van der Waals surface area contributed by atoms with Crippen molar-refractivity contribution in [2.45, 2.75) is 24.7 Å². The Kier molecular flexibility index (Phi) is 4.44. The van der Waals surface area contributed by atoms with Gasteiger partial charge in [-0.2, -0.15) is 0 Å². The van der Waals surface area contributed by atoms with Crippen molar-refractivity contribution in [2.75, 3.05) is 25.5 Å². The number of ether oxygens (including phenoxy) is 1. The van der Waals surface area contributed by atoms with Crippen molar-refractivity contribution in [3.8, 4) is 0 Å². The number of aryl methyl sites for hydroxylation is 1. The van der Waals surface area contributed by atoms with Gasteiger partial charge in [-0.25, -0.2) is 13.1 Å². The Hall–Kier alpha value is -1.11. The molecule has 1 unspecified atom stereocenters. The molecule has 1 heterocycles. The van der Waals surface area contributed by atoms with Gasteiger partial charge in [-0.1, -0.05) is 0 Å². The van der Waals surface area contributed by atoms with E-state index >= 15 is 0 Å². The summed E-state index contributed by atoms with van der Waals surface area (Å²) >= 11 is 0. The first-order chi connectivity index (χ1) is 8.97. The number of hydrogen-bond acceptors (Lipinski definition) is 4. The lowest BCUT2D eigenvalue weighted by Gasteiger charge is -2.10. The molecule has 19 heavy (non-hydrogen) atoms. The lowest BCUT2D eigenvalue weighted by molar-refractivity contribution is 0.184. The summed E-state index contributed by atoms with van der Waals surface area (Å²) in [5, 5.41) is 0. The van der Waals surface area contributed by atoms with Gasteiger partial charge in [0.25, 0.3) is 0 Å². The molecule has 0 bridgehead atoms. The van der Waals surface area contributed by atoms with Gasteiger partial charge in [-0.15, -0.1) is 0 Å². The molecule has 0 spiro atoms. The third-order valence-corrected chi connectivity index (χ3v) is 4.69. The summed E-state index contributed by atoms with van der Waals surface area (Å²) in [6.45, 7) is 3.78. The van der Waals surface area contributed by atoms with E-state index in [4.69, 9.17) is 10.5 Å². The van der Waals surface area contributed by atoms with E-state index in [1.54, 1.807) is 12.1 Å². The molecule has 6 heteroatoms. The number of nitrogen functional groups attached to an aromatic ring is 1. The molecule has 1 aliphatic heterocycles. The SMILES string of the molecule is Cc1cc(N)cc(S(=O)(=O)NCCC2CCOC2)c1. The highest BCUT2D eigenvalue weighted by Gasteiger charge is 2.18. The van der Waals surface area contributed by atoms with Gasteiger partial charge < -0.3 is 10.5 Å². The molecule has 1 saturated heterocycles. The molecular weight excluding hydrogens is 264 g/mol. The van der Waals surface area contributed by atoms with Crippen molar-refractivity contribution >= 4 is 15.7 Å². The quantitative estimate of drug-likeness (QED) is 0.798. The Morgan fingerprint density at radius 2 is 2.21 bits per heavy atom. The van der Waals surface area contributed by atoms with Crippen LogP contribution < -0.4 is 10.5 Å². The summed E-state index contributed by atoms with van der Waals surface area (Å²) in [5.41, 5.74) is 6.98. The standard InChI is InChI=1S/C13H20N2O3S/c1-10-6-12(14)8-13(7-10)19(16,17)15-4-2-11-3-5-18-9-11/h6-8,11,15H,2-5,9,14H2,1H3. The molecule has 1 aromatic carbocycles. The van der Waals surface area contributed by atoms with Crippen LogP contribution in [0.15, 0.2) is 23.1 Å². The van der Waals surface area contributed by atoms with Crippen LogP contribution in [0.1, 0.15) is 18.4 Å². The summed E-state index contributed by atoms with van der Waals surface area (Å²) in [5.74, 6) is 0.463. The maximum atomic E-state index is 12.1. The predicted octanol–water partition coefficient (Wildman–Crippen LogP) is 1.28. The van der Waals surface area contributed by atoms with Crippen LogP contribution in [0, 0.1) is 12.8 Å². The van der Waals surface area contributed by atoms with Gasteiger partial charge in [-0.3, -0.25) is 0 Å². The smallest absolute Gasteiger partial charge is 0.240 e. The highest BCUT2D eigenvalue weighted by atomic mass is 32.2. The van der Waals surface area contributed by atoms with Crippen molar-refractivity contribution in [1.82, 2.24) is 4.72 Å². The van der Waals surface area contributed by atoms with Gasteiger partial charge in [0.2, 0.25) is 10.0 Å². The van der Waals surface area contributed by atoms with E-state index in [0.29, 0.717) is 18.2 Å². The van der Waals surface area contributed by atoms with E-state index in [1.807, 2.05) is 6.92 Å². The molecule has 3 N–H and O–H groups in total. The average molecular weight is 284 g/mol. The largest absolute Gasteiger partial charge is 0.399 e. The van der Waals surface area contributed by atoms with E-state index in [9.17, 15) is 8.42 Å². The number of nitrogens with two attached hydrogens (primary N) is 1. The third-order valence-electron chi connectivity index (χ3n) is 3.25. The summed E-state index contributed by atoms with van der Waals surface area (Å²) in [4.78, 5) is 0.229. The molecule has 0 radical (unpaired) electrons. The number of anilines is 1. The Labute approximate surface area is 114 Å². The van der Waals surface area contributed by atoms with Crippen LogP contribution in [-0.4, -0.2) is 28.2 Å². The van der Waals surface area contributed by atoms with Crippen molar-refractivity contribution in [3.05, 3.63) is 23.8 Å². The highest BCUT2D eigenvalue weighted by Crippen LogP contribution is 2.18. The lowest BCUT2D eigenvalue weighted by atomic mass is 10.1. The molecule has 1 aromatic rings. The number of sulfonamides is 1. The van der Waals surface area contributed by atoms with Gasteiger partial charge in [-0.05, 0) is 49.4 Å². The van der Waals surface area contributed by atoms with E-state index in [1.165, 1.54) is 6.07 Å². The highest BCUT2D eigenvalue weighted by molar-refractivity contribution is 7.89. The lowest BCUT2D eigenvalue weighted by Crippen LogP contribution is -2.26. The fraction of sp³-hybridized carbons (Fsp3) is 0.538. The van der Waals surface area contributed by atoms with Crippen LogP contribution in [0.3, 0.4) is 0 Å². The first-order valence-electron chi connectivity index (χ1n) is 6.42. The summed E-state index contributed by atoms with van der Waals surface area (Å²) in [6, 6.07) is 4.85. The van der Waals surface area contributed by atoms with Gasteiger partial charge >= 0.3 is 0 Å². The first-order valence-corrected chi connectivity index (χ1v) is 7.90. The normalized spacial score (nSPS) is 19.7. The molecule has 1 atom stereocenters. The number of benzene rings is 1. The van der Waals surface area contributed by atoms with Crippen molar-refractivity contribution in [1.29, 1.82) is 0 Å². The fourth-order valence-electron chi connectivity index (χ4n) is 2.22. The van der Waals surface area contributed by atoms with E-state index in [0.717, 1.165) is 31.6 Å². The zero-order valence-electron chi connectivity index (χ0n) is 11.1. The fourth-order valence-corrected chi connectivity index (χ4v) is 3.41. The molecule has 0 aromatic heterocycles. The van der Waals surface area contributed by atoms with E-state index in [2.05, 4.69) is 4.72 Å². The Bertz CT molecular complexity index is 517. The summed E-state index contributed by atoms with van der Waals surface area (Å²) in [6.07, 6.45) is 1.82. The van der Waals surface area contributed by atoms with Crippen LogP contribution in [0.5, 0.6) is 0 Å². The Balaban J connectivity index is 1.97. The summed E-state index contributed by atoms with van der Waals surface area (Å²) < 4.78 is 32.1. The monoisotopic (exact) mass is 284 g/mol. The first kappa shape index (κ1) is 14.3. The Morgan fingerprint density at radius 3 is 2.84 bits per heavy atom. The maximum Gasteiger partial charge on any atom is 0.240 e. The third kappa shape index (κ3) is 3.92. The van der Waals surface area contributed by atoms with Gasteiger partial charge in [0, 0.05) is 25.4 Å². The van der Waals surface area contributed by atoms with Crippen molar-refractivity contribution < 1.29 is 13.2 Å². The van der Waals surface area contributed by atoms with Gasteiger partial charge in [0.1, 0.15) is 0 Å². The van der Waals surface area contributed by atoms with Crippen LogP contribution in [0.25, 0.3) is 0 Å². The number of rotatable bonds is 5. The molecule has 0 amide bonds. The molecule has 1 fully saturated rings. The minimum Gasteiger partial charge on any atom is -0.399 e. The molecule has 2 rings (SSSR count). The minimum absolute atomic E-state index is 0.229. The minimum atomic E-state index is -3.47. The number of hydrogen-bond donors (Lipinski definition) is 2. The molecular formula is C13H20N2O3S. The predicted molar refractivity (Wildman–Crippen MR) is 74.3 cm³/mol. The van der Waals surface area contributed by atoms with Crippen molar-refractivity contribution in [3.63, 3.8) is 0 Å². The molecule has 1 aliphatic rings. The molecule has 0 aliphatic carbocycles. The Morgan fingerprint density at radius 1 is 1.42 bits per heavy atom. The van der Waals surface area contributed by atoms with Crippen LogP contribution in [-0.2, 0) is 14.8 Å². The maximum absolute atomic E-state index is 12.1. The van der Waals surface area contributed by atoms with Crippen LogP contribution in [0.4, 0.5) is 5.69 Å². The van der Waals surface area contributed by atoms with Gasteiger partial charge in [0.05, 0.1) is 4.90 Å². The molecule has 106 valence electrons. The second-order valence-corrected chi connectivity index (χ2v) is 6.76. The molecule has 0 saturated carbocycles. The average Bonchev–Trinajstić information content (AvgIpc) is 2.80. The second-order valence-electron chi connectivity index (χ2n) is 5.00. The number of nitrogens with one attached hydrogen (secondary N) is 1. The zero-order chi connectivity index (χ0) is 13.9. The van der Waals surface area contributed by atoms with E-state index in [-0.39, 0.29) is 4.90 Å².